The molecule has 4 aromatic carbocycles. The number of rotatable bonds is 16. The standard InChI is InChI=1S/C55H65ClFN9O7S/c1-32(35-10-12-36(13-11-35)49-33(2)59-31-74-49)60-52(70)44-26-39(68)28-66(44)53(71)50(55(3,4)5)61-45(69)30-72-29-34-14-18-64(19-15-34)22-23-73-54-62-48-42(51(63-54)65-20-16-58-17-21-65)27-43(56)46(47(48)57)41-25-38(67)24-37-8-6-7-9-40(37)41/h6-13,24-25,27,31-32,34,39,44,50,58,67-68H,14-23,26,28-30H2,1-5H3,(H,60,70)(H,61,69)/t32-,39+,44-,50+/m0/s1. The Bertz CT molecular complexity index is 3000. The van der Waals surface area contributed by atoms with Crippen molar-refractivity contribution in [1.29, 1.82) is 0 Å². The van der Waals surface area contributed by atoms with Crippen LogP contribution in [0, 0.1) is 24.1 Å². The summed E-state index contributed by atoms with van der Waals surface area (Å²) < 4.78 is 29.0. The van der Waals surface area contributed by atoms with Gasteiger partial charge in [0, 0.05) is 56.6 Å². The minimum Gasteiger partial charge on any atom is -0.508 e. The number of aromatic nitrogens is 3. The van der Waals surface area contributed by atoms with Crippen LogP contribution in [0.3, 0.4) is 0 Å². The molecule has 0 saturated carbocycles. The maximum Gasteiger partial charge on any atom is 0.319 e. The van der Waals surface area contributed by atoms with Crippen molar-refractivity contribution in [1.82, 2.24) is 40.7 Å². The number of phenolic OH excluding ortho intramolecular Hbond substituents is 1. The summed E-state index contributed by atoms with van der Waals surface area (Å²) in [6, 6.07) is 18.0. The highest BCUT2D eigenvalue weighted by Gasteiger charge is 2.45. The molecule has 392 valence electrons. The molecule has 0 bridgehead atoms. The lowest BCUT2D eigenvalue weighted by atomic mass is 9.85. The number of aliphatic hydroxyl groups is 1. The lowest BCUT2D eigenvalue weighted by Crippen LogP contribution is -2.58. The van der Waals surface area contributed by atoms with Crippen LogP contribution in [-0.4, -0.2) is 143 Å². The summed E-state index contributed by atoms with van der Waals surface area (Å²) in [5, 5.41) is 32.7. The van der Waals surface area contributed by atoms with Crippen LogP contribution in [-0.2, 0) is 19.1 Å². The Morgan fingerprint density at radius 1 is 0.986 bits per heavy atom. The number of anilines is 1. The van der Waals surface area contributed by atoms with Gasteiger partial charge in [-0.2, -0.15) is 9.97 Å². The van der Waals surface area contributed by atoms with Crippen LogP contribution >= 0.6 is 22.9 Å². The van der Waals surface area contributed by atoms with E-state index in [0.29, 0.717) is 43.0 Å². The van der Waals surface area contributed by atoms with Crippen molar-refractivity contribution >= 4 is 68.2 Å². The number of β-amino-alcohol motifs (C(OH)–C–C–N with tert-alkyl or cyclic N) is 1. The highest BCUT2D eigenvalue weighted by atomic mass is 35.5. The minimum atomic E-state index is -0.973. The number of fused-ring (bicyclic) bond motifs is 2. The molecule has 0 radical (unpaired) electrons. The third-order valence-electron chi connectivity index (χ3n) is 14.4. The number of aliphatic hydroxyl groups excluding tert-OH is 1. The quantitative estimate of drug-likeness (QED) is 0.0651. The summed E-state index contributed by atoms with van der Waals surface area (Å²) in [7, 11) is 0. The van der Waals surface area contributed by atoms with E-state index in [1.807, 2.05) is 88.7 Å². The molecular formula is C55H65ClFN9O7S. The molecule has 19 heteroatoms. The maximum absolute atomic E-state index is 16.9. The number of amides is 3. The van der Waals surface area contributed by atoms with Crippen molar-refractivity contribution in [2.45, 2.75) is 78.1 Å². The summed E-state index contributed by atoms with van der Waals surface area (Å²) in [4.78, 5) is 61.9. The van der Waals surface area contributed by atoms with E-state index < -0.39 is 41.2 Å². The van der Waals surface area contributed by atoms with Crippen LogP contribution in [0.25, 0.3) is 43.2 Å². The van der Waals surface area contributed by atoms with Crippen molar-refractivity contribution in [3.63, 3.8) is 0 Å². The first-order valence-corrected chi connectivity index (χ1v) is 26.7. The maximum atomic E-state index is 16.9. The summed E-state index contributed by atoms with van der Waals surface area (Å²) in [6.07, 6.45) is 0.866. The Hall–Kier alpha value is -6.02. The number of aromatic hydroxyl groups is 1. The fourth-order valence-corrected chi connectivity index (χ4v) is 11.4. The van der Waals surface area contributed by atoms with E-state index in [4.69, 9.17) is 26.1 Å². The molecule has 3 saturated heterocycles. The van der Waals surface area contributed by atoms with Crippen LogP contribution in [0.4, 0.5) is 10.2 Å². The number of aryl methyl sites for hydroxylation is 1. The van der Waals surface area contributed by atoms with Crippen LogP contribution in [0.1, 0.15) is 64.3 Å². The molecule has 5 heterocycles. The van der Waals surface area contributed by atoms with E-state index in [2.05, 4.69) is 35.7 Å². The summed E-state index contributed by atoms with van der Waals surface area (Å²) in [6.45, 7) is 14.7. The van der Waals surface area contributed by atoms with Gasteiger partial charge in [0.2, 0.25) is 17.7 Å². The van der Waals surface area contributed by atoms with Gasteiger partial charge in [-0.1, -0.05) is 80.9 Å². The molecule has 2 aromatic heterocycles. The van der Waals surface area contributed by atoms with Gasteiger partial charge in [-0.3, -0.25) is 19.3 Å². The molecule has 3 fully saturated rings. The molecule has 4 atom stereocenters. The molecule has 74 heavy (non-hydrogen) atoms. The Morgan fingerprint density at radius 2 is 1.73 bits per heavy atom. The molecule has 5 N–H and O–H groups in total. The molecule has 0 aliphatic carbocycles. The zero-order valence-electron chi connectivity index (χ0n) is 42.5. The van der Waals surface area contributed by atoms with Gasteiger partial charge in [0.25, 0.3) is 0 Å². The Kier molecular flexibility index (Phi) is 16.3. The van der Waals surface area contributed by atoms with E-state index in [0.717, 1.165) is 71.5 Å². The van der Waals surface area contributed by atoms with Crippen LogP contribution < -0.4 is 25.6 Å². The third kappa shape index (κ3) is 11.9. The molecule has 3 aliphatic rings. The average molecular weight is 1050 g/mol. The Labute approximate surface area is 439 Å². The second kappa shape index (κ2) is 22.8. The fourth-order valence-electron chi connectivity index (χ4n) is 10.3. The summed E-state index contributed by atoms with van der Waals surface area (Å²) in [5.41, 5.74) is 4.68. The Morgan fingerprint density at radius 3 is 2.45 bits per heavy atom. The van der Waals surface area contributed by atoms with E-state index in [1.165, 1.54) is 11.0 Å². The van der Waals surface area contributed by atoms with Gasteiger partial charge in [0.05, 0.1) is 39.9 Å². The third-order valence-corrected chi connectivity index (χ3v) is 15.6. The van der Waals surface area contributed by atoms with Gasteiger partial charge < -0.3 is 45.4 Å². The number of halogens is 2. The van der Waals surface area contributed by atoms with Crippen molar-refractivity contribution in [2.75, 3.05) is 77.1 Å². The van der Waals surface area contributed by atoms with E-state index in [9.17, 15) is 24.6 Å². The topological polar surface area (TPSA) is 195 Å². The lowest BCUT2D eigenvalue weighted by Gasteiger charge is -2.35. The number of nitrogens with zero attached hydrogens (tertiary/aromatic N) is 6. The van der Waals surface area contributed by atoms with Gasteiger partial charge in [-0.05, 0) is 96.8 Å². The van der Waals surface area contributed by atoms with Gasteiger partial charge in [0.15, 0.2) is 5.82 Å². The molecule has 3 aliphatic heterocycles. The van der Waals surface area contributed by atoms with Crippen LogP contribution in [0.2, 0.25) is 5.02 Å². The summed E-state index contributed by atoms with van der Waals surface area (Å²) >= 11 is 8.46. The number of carbonyl (C=O) groups excluding carboxylic acids is 3. The number of phenols is 1. The van der Waals surface area contributed by atoms with Gasteiger partial charge in [-0.25, -0.2) is 9.37 Å². The SMILES string of the molecule is Cc1ncsc1-c1ccc([C@H](C)NC(=O)[C@@H]2C[C@@H](O)CN2C(=O)[C@@H](NC(=O)COCC2CCN(CCOc3nc(N4CCNCC4)c4cc(Cl)c(-c5cc(O)cc6ccccc56)c(F)c4n3)CC2)C(C)(C)C)cc1. The monoisotopic (exact) mass is 1050 g/mol. The van der Waals surface area contributed by atoms with Crippen LogP contribution in [0.5, 0.6) is 11.8 Å². The number of piperidine rings is 1. The second-order valence-corrected chi connectivity index (χ2v) is 22.0. The number of likely N-dealkylation sites (tertiary alicyclic amines) is 2. The number of hydrogen-bond acceptors (Lipinski definition) is 14. The van der Waals surface area contributed by atoms with E-state index in [1.54, 1.807) is 23.5 Å². The molecule has 0 spiro atoms. The molecule has 3 amide bonds. The van der Waals surface area contributed by atoms with Gasteiger partial charge in [-0.15, -0.1) is 11.3 Å². The first kappa shape index (κ1) is 52.8. The van der Waals surface area contributed by atoms with E-state index in [-0.39, 0.29) is 71.9 Å². The number of carbonyl (C=O) groups is 3. The first-order valence-electron chi connectivity index (χ1n) is 25.4. The molecule has 9 rings (SSSR count). The number of ether oxygens (including phenoxy) is 2. The van der Waals surface area contributed by atoms with Crippen molar-refractivity contribution < 1.29 is 38.5 Å². The van der Waals surface area contributed by atoms with Crippen molar-refractivity contribution in [3.8, 4) is 33.3 Å². The lowest BCUT2D eigenvalue weighted by molar-refractivity contribution is -0.144. The number of nitrogens with one attached hydrogen (secondary N) is 3. The normalized spacial score (nSPS) is 18.7. The predicted octanol–water partition coefficient (Wildman–Crippen LogP) is 7.27. The smallest absolute Gasteiger partial charge is 0.319 e. The number of piperazine rings is 1. The minimum absolute atomic E-state index is 0.00624. The van der Waals surface area contributed by atoms with Crippen LogP contribution in [0.15, 0.2) is 72.2 Å². The molecular weight excluding hydrogens is 985 g/mol. The molecule has 16 nitrogen and oxygen atoms in total. The highest BCUT2D eigenvalue weighted by molar-refractivity contribution is 7.13. The van der Waals surface area contributed by atoms with Crippen molar-refractivity contribution in [3.05, 3.63) is 94.3 Å². The predicted molar refractivity (Wildman–Crippen MR) is 286 cm³/mol. The fraction of sp³-hybridized carbons (Fsp3) is 0.455. The first-order chi connectivity index (χ1) is 35.5. The molecule has 0 unspecified atom stereocenters. The number of benzene rings is 4. The molecule has 6 aromatic rings. The average Bonchev–Trinajstić information content (AvgIpc) is 4.01. The zero-order valence-corrected chi connectivity index (χ0v) is 44.1. The Balaban J connectivity index is 0.763. The van der Waals surface area contributed by atoms with Crippen molar-refractivity contribution in [2.24, 2.45) is 11.3 Å². The van der Waals surface area contributed by atoms with Gasteiger partial charge in [0.1, 0.15) is 42.4 Å². The largest absolute Gasteiger partial charge is 0.508 e. The van der Waals surface area contributed by atoms with Gasteiger partial charge >= 0.3 is 6.01 Å². The number of thiazole rings is 1. The highest BCUT2D eigenvalue weighted by Crippen LogP contribution is 2.43. The summed E-state index contributed by atoms with van der Waals surface area (Å²) in [5.74, 6) is -1.13. The second-order valence-electron chi connectivity index (χ2n) is 20.8. The van der Waals surface area contributed by atoms with E-state index >= 15 is 4.39 Å². The number of hydrogen-bond donors (Lipinski definition) is 5. The zero-order chi connectivity index (χ0) is 52.3.